The van der Waals surface area contributed by atoms with Crippen LogP contribution in [0, 0.1) is 0 Å². The number of rotatable bonds is 8. The van der Waals surface area contributed by atoms with Gasteiger partial charge < -0.3 is 14.2 Å². The number of carbonyl (C=O) groups excluding carboxylic acids is 2. The summed E-state index contributed by atoms with van der Waals surface area (Å²) in [6.07, 6.45) is 4.94. The van der Waals surface area contributed by atoms with Crippen molar-refractivity contribution in [1.29, 1.82) is 0 Å². The molecule has 0 N–H and O–H groups in total. The van der Waals surface area contributed by atoms with Crippen molar-refractivity contribution in [1.82, 2.24) is 0 Å². The molecule has 0 aromatic heterocycles. The molecule has 3 rings (SSSR count). The van der Waals surface area contributed by atoms with Crippen molar-refractivity contribution in [3.05, 3.63) is 71.5 Å². The van der Waals surface area contributed by atoms with Crippen LogP contribution in [0.25, 0.3) is 10.8 Å². The number of unbranched alkanes of at least 4 members (excludes halogenated alkanes) is 1. The summed E-state index contributed by atoms with van der Waals surface area (Å²) in [5, 5.41) is 1.39. The minimum Gasteiger partial charge on any atom is -0.498 e. The number of allylic oxidation sites excluding steroid dienone is 2. The largest absolute Gasteiger partial charge is 0.498 e. The first-order valence-corrected chi connectivity index (χ1v) is 10.5. The molecule has 0 atom stereocenters. The molecule has 1 aliphatic carbocycles. The van der Waals surface area contributed by atoms with E-state index < -0.39 is 11.9 Å². The van der Waals surface area contributed by atoms with E-state index in [0.29, 0.717) is 52.9 Å². The lowest BCUT2D eigenvalue weighted by Gasteiger charge is -2.25. The van der Waals surface area contributed by atoms with Crippen LogP contribution in [0.4, 0.5) is 0 Å². The van der Waals surface area contributed by atoms with Gasteiger partial charge in [-0.15, -0.1) is 0 Å². The van der Waals surface area contributed by atoms with Gasteiger partial charge >= 0.3 is 11.9 Å². The molecule has 0 bridgehead atoms. The molecule has 2 aromatic rings. The summed E-state index contributed by atoms with van der Waals surface area (Å²) in [6.45, 7) is 13.3. The van der Waals surface area contributed by atoms with Gasteiger partial charge in [0.15, 0.2) is 0 Å². The van der Waals surface area contributed by atoms with Crippen molar-refractivity contribution in [2.24, 2.45) is 0 Å². The van der Waals surface area contributed by atoms with Gasteiger partial charge in [-0.3, -0.25) is 0 Å². The van der Waals surface area contributed by atoms with Crippen molar-refractivity contribution in [3.63, 3.8) is 0 Å². The molecule has 1 aliphatic rings. The van der Waals surface area contributed by atoms with E-state index in [1.54, 1.807) is 13.8 Å². The van der Waals surface area contributed by atoms with Crippen molar-refractivity contribution < 1.29 is 23.8 Å². The Balaban J connectivity index is 2.17. The van der Waals surface area contributed by atoms with Crippen LogP contribution in [-0.4, -0.2) is 18.5 Å². The summed E-state index contributed by atoms with van der Waals surface area (Å²) in [5.74, 6) is 0.757. The zero-order valence-electron chi connectivity index (χ0n) is 18.4. The standard InChI is InChI=1S/C26H28O5/c1-6-7-14-29-18-12-13-21-22(15-18)24(31-26(28)17(4)5)20-11-9-8-10-19(20)23(21)30-25(27)16(2)3/h8-12H,2,4,6-7,13-15H2,1,3,5H3. The average Bonchev–Trinajstić information content (AvgIpc) is 2.75. The minimum atomic E-state index is -0.498. The third kappa shape index (κ3) is 4.88. The van der Waals surface area contributed by atoms with Crippen molar-refractivity contribution in [2.45, 2.75) is 46.5 Å². The molecule has 0 unspecified atom stereocenters. The molecule has 0 spiro atoms. The molecule has 0 radical (unpaired) electrons. The molecule has 0 aliphatic heterocycles. The highest BCUT2D eigenvalue weighted by Crippen LogP contribution is 2.44. The normalized spacial score (nSPS) is 12.5. The van der Waals surface area contributed by atoms with Crippen molar-refractivity contribution in [3.8, 4) is 11.5 Å². The highest BCUT2D eigenvalue weighted by Gasteiger charge is 2.27. The predicted octanol–water partition coefficient (Wildman–Crippen LogP) is 5.60. The predicted molar refractivity (Wildman–Crippen MR) is 121 cm³/mol. The van der Waals surface area contributed by atoms with Gasteiger partial charge in [-0.05, 0) is 32.8 Å². The van der Waals surface area contributed by atoms with E-state index in [0.717, 1.165) is 29.7 Å². The Bertz CT molecular complexity index is 1090. The highest BCUT2D eigenvalue weighted by atomic mass is 16.5. The lowest BCUT2D eigenvalue weighted by Crippen LogP contribution is -2.17. The van der Waals surface area contributed by atoms with E-state index in [-0.39, 0.29) is 0 Å². The summed E-state index contributed by atoms with van der Waals surface area (Å²) >= 11 is 0. The molecule has 0 saturated carbocycles. The minimum absolute atomic E-state index is 0.307. The molecule has 0 fully saturated rings. The zero-order chi connectivity index (χ0) is 22.5. The monoisotopic (exact) mass is 420 g/mol. The first-order valence-electron chi connectivity index (χ1n) is 10.5. The van der Waals surface area contributed by atoms with Crippen molar-refractivity contribution in [2.75, 3.05) is 6.61 Å². The third-order valence-electron chi connectivity index (χ3n) is 5.09. The van der Waals surface area contributed by atoms with Gasteiger partial charge in [-0.25, -0.2) is 9.59 Å². The Hall–Kier alpha value is -3.34. The van der Waals surface area contributed by atoms with E-state index >= 15 is 0 Å². The SMILES string of the molecule is C=C(C)C(=O)Oc1c2c(c(OC(=O)C(=C)C)c3ccccc13)CC(OCCCC)=CC2. The molecule has 0 heterocycles. The van der Waals surface area contributed by atoms with Crippen LogP contribution in [0.1, 0.15) is 44.7 Å². The van der Waals surface area contributed by atoms with Crippen LogP contribution in [0.3, 0.4) is 0 Å². The summed E-state index contributed by atoms with van der Waals surface area (Å²) in [5.41, 5.74) is 2.21. The van der Waals surface area contributed by atoms with Gasteiger partial charge in [0.1, 0.15) is 11.5 Å². The molecule has 5 nitrogen and oxygen atoms in total. The Labute approximate surface area is 183 Å². The Morgan fingerprint density at radius 3 is 2.00 bits per heavy atom. The first-order chi connectivity index (χ1) is 14.8. The second kappa shape index (κ2) is 9.65. The fourth-order valence-electron chi connectivity index (χ4n) is 3.39. The maximum Gasteiger partial charge on any atom is 0.338 e. The Morgan fingerprint density at radius 1 is 0.935 bits per heavy atom. The van der Waals surface area contributed by atoms with Gasteiger partial charge in [0, 0.05) is 39.5 Å². The van der Waals surface area contributed by atoms with Gasteiger partial charge in [0.25, 0.3) is 0 Å². The second-order valence-electron chi connectivity index (χ2n) is 7.75. The Kier molecular flexibility index (Phi) is 6.95. The highest BCUT2D eigenvalue weighted by molar-refractivity contribution is 6.01. The molecular weight excluding hydrogens is 392 g/mol. The molecule has 31 heavy (non-hydrogen) atoms. The topological polar surface area (TPSA) is 61.8 Å². The molecule has 162 valence electrons. The fourth-order valence-corrected chi connectivity index (χ4v) is 3.39. The molecule has 0 saturated heterocycles. The van der Waals surface area contributed by atoms with Gasteiger partial charge in [-0.1, -0.05) is 50.8 Å². The van der Waals surface area contributed by atoms with Crippen LogP contribution in [-0.2, 0) is 27.2 Å². The molecule has 2 aromatic carbocycles. The van der Waals surface area contributed by atoms with Gasteiger partial charge in [0.2, 0.25) is 0 Å². The van der Waals surface area contributed by atoms with E-state index in [2.05, 4.69) is 20.1 Å². The number of benzene rings is 2. The van der Waals surface area contributed by atoms with E-state index in [4.69, 9.17) is 14.2 Å². The quantitative estimate of drug-likeness (QED) is 0.241. The second-order valence-corrected chi connectivity index (χ2v) is 7.75. The number of hydrogen-bond donors (Lipinski definition) is 0. The lowest BCUT2D eigenvalue weighted by molar-refractivity contribution is -0.131. The van der Waals surface area contributed by atoms with Crippen LogP contribution >= 0.6 is 0 Å². The molecule has 0 amide bonds. The number of hydrogen-bond acceptors (Lipinski definition) is 5. The fraction of sp³-hybridized carbons (Fsp3) is 0.308. The van der Waals surface area contributed by atoms with Crippen molar-refractivity contribution >= 4 is 22.7 Å². The zero-order valence-corrected chi connectivity index (χ0v) is 18.4. The van der Waals surface area contributed by atoms with Gasteiger partial charge in [-0.2, -0.15) is 0 Å². The first kappa shape index (κ1) is 22.3. The summed E-state index contributed by atoms with van der Waals surface area (Å²) in [7, 11) is 0. The molecular formula is C26H28O5. The summed E-state index contributed by atoms with van der Waals surface area (Å²) in [6, 6.07) is 7.42. The number of carbonyl (C=O) groups is 2. The van der Waals surface area contributed by atoms with E-state index in [1.807, 2.05) is 30.3 Å². The van der Waals surface area contributed by atoms with Crippen LogP contribution in [0.5, 0.6) is 11.5 Å². The molecule has 5 heteroatoms. The van der Waals surface area contributed by atoms with Crippen LogP contribution < -0.4 is 9.47 Å². The average molecular weight is 421 g/mol. The van der Waals surface area contributed by atoms with E-state index in [9.17, 15) is 9.59 Å². The Morgan fingerprint density at radius 2 is 1.48 bits per heavy atom. The number of ether oxygens (including phenoxy) is 3. The maximum atomic E-state index is 12.4. The number of esters is 2. The number of fused-ring (bicyclic) bond motifs is 2. The smallest absolute Gasteiger partial charge is 0.338 e. The maximum absolute atomic E-state index is 12.4. The van der Waals surface area contributed by atoms with Gasteiger partial charge in [0.05, 0.1) is 12.4 Å². The van der Waals surface area contributed by atoms with E-state index in [1.165, 1.54) is 0 Å². The van der Waals surface area contributed by atoms with Crippen LogP contribution in [0.2, 0.25) is 0 Å². The summed E-state index contributed by atoms with van der Waals surface area (Å²) < 4.78 is 17.5. The summed E-state index contributed by atoms with van der Waals surface area (Å²) in [4.78, 5) is 24.8. The third-order valence-corrected chi connectivity index (χ3v) is 5.09. The van der Waals surface area contributed by atoms with Crippen LogP contribution in [0.15, 0.2) is 60.4 Å². The lowest BCUT2D eigenvalue weighted by atomic mass is 9.89.